The predicted molar refractivity (Wildman–Crippen MR) is 114 cm³/mol. The molecule has 4 rings (SSSR count). The van der Waals surface area contributed by atoms with E-state index in [1.54, 1.807) is 16.7 Å². The van der Waals surface area contributed by atoms with Gasteiger partial charge in [0.15, 0.2) is 0 Å². The number of carbonyl (C=O) groups excluding carboxylic acids is 1. The van der Waals surface area contributed by atoms with Crippen LogP contribution in [0, 0.1) is 5.82 Å². The summed E-state index contributed by atoms with van der Waals surface area (Å²) in [7, 11) is 0. The van der Waals surface area contributed by atoms with E-state index < -0.39 is 0 Å². The van der Waals surface area contributed by atoms with Crippen LogP contribution in [0.2, 0.25) is 0 Å². The largest absolute Gasteiger partial charge is 0.300 e. The number of nitrogens with zero attached hydrogens (tertiary/aromatic N) is 2. The van der Waals surface area contributed by atoms with Crippen molar-refractivity contribution in [2.75, 3.05) is 0 Å². The van der Waals surface area contributed by atoms with Crippen molar-refractivity contribution in [1.82, 2.24) is 9.55 Å². The maximum absolute atomic E-state index is 13.4. The van der Waals surface area contributed by atoms with E-state index in [4.69, 9.17) is 4.98 Å². The van der Waals surface area contributed by atoms with Crippen molar-refractivity contribution < 1.29 is 9.18 Å². The fraction of sp³-hybridized carbons (Fsp3) is 0.174. The van der Waals surface area contributed by atoms with Gasteiger partial charge in [-0.25, -0.2) is 9.37 Å². The van der Waals surface area contributed by atoms with Crippen LogP contribution in [-0.2, 0) is 17.8 Å². The highest BCUT2D eigenvalue weighted by atomic mass is 32.1. The molecule has 2 aromatic heterocycles. The lowest BCUT2D eigenvalue weighted by atomic mass is 10.1. The number of carbonyl (C=O) groups is 1. The second kappa shape index (κ2) is 8.09. The molecule has 0 amide bonds. The van der Waals surface area contributed by atoms with Gasteiger partial charge in [0.25, 0.3) is 5.56 Å². The van der Waals surface area contributed by atoms with E-state index in [2.05, 4.69) is 0 Å². The summed E-state index contributed by atoms with van der Waals surface area (Å²) in [6.07, 6.45) is 0.776. The summed E-state index contributed by atoms with van der Waals surface area (Å²) >= 11 is 1.40. The Labute approximate surface area is 171 Å². The second-order valence-corrected chi connectivity index (χ2v) is 7.79. The smallest absolute Gasteiger partial charge is 0.262 e. The van der Waals surface area contributed by atoms with Crippen molar-refractivity contribution in [2.45, 2.75) is 26.3 Å². The van der Waals surface area contributed by atoms with Gasteiger partial charge in [0, 0.05) is 30.3 Å². The Bertz CT molecular complexity index is 1230. The highest BCUT2D eigenvalue weighted by Gasteiger charge is 2.17. The number of benzene rings is 2. The quantitative estimate of drug-likeness (QED) is 0.461. The van der Waals surface area contributed by atoms with Crippen LogP contribution in [-0.4, -0.2) is 15.3 Å². The molecule has 0 aliphatic heterocycles. The van der Waals surface area contributed by atoms with Crippen LogP contribution in [0.1, 0.15) is 24.7 Å². The number of hydrogen-bond donors (Lipinski definition) is 0. The monoisotopic (exact) mass is 406 g/mol. The van der Waals surface area contributed by atoms with E-state index in [1.807, 2.05) is 35.7 Å². The lowest BCUT2D eigenvalue weighted by Crippen LogP contribution is -2.26. The minimum Gasteiger partial charge on any atom is -0.300 e. The first-order chi connectivity index (χ1) is 14.0. The van der Waals surface area contributed by atoms with Crippen molar-refractivity contribution in [1.29, 1.82) is 0 Å². The lowest BCUT2D eigenvalue weighted by molar-refractivity contribution is -0.117. The van der Waals surface area contributed by atoms with E-state index in [0.29, 0.717) is 22.5 Å². The van der Waals surface area contributed by atoms with E-state index >= 15 is 0 Å². The molecule has 0 aliphatic carbocycles. The minimum absolute atomic E-state index is 0.0201. The zero-order chi connectivity index (χ0) is 20.4. The molecule has 0 spiro atoms. The molecule has 2 aromatic carbocycles. The number of ketones is 1. The van der Waals surface area contributed by atoms with Crippen LogP contribution in [0.3, 0.4) is 0 Å². The average molecular weight is 406 g/mol. The summed E-state index contributed by atoms with van der Waals surface area (Å²) in [5, 5.41) is 2.40. The molecule has 4 aromatic rings. The number of fused-ring (bicyclic) bond motifs is 1. The number of halogens is 1. The van der Waals surface area contributed by atoms with Crippen LogP contribution in [0.5, 0.6) is 0 Å². The van der Waals surface area contributed by atoms with Crippen molar-refractivity contribution in [3.63, 3.8) is 0 Å². The van der Waals surface area contributed by atoms with Gasteiger partial charge >= 0.3 is 0 Å². The highest BCUT2D eigenvalue weighted by Crippen LogP contribution is 2.31. The SMILES string of the molecule is CC(=O)CCn1c(Cc2ccccc2)nc2scc(-c3ccc(F)cc3)c2c1=O. The fourth-order valence-electron chi connectivity index (χ4n) is 3.32. The van der Waals surface area contributed by atoms with Gasteiger partial charge in [0.1, 0.15) is 22.3 Å². The van der Waals surface area contributed by atoms with Crippen LogP contribution in [0.4, 0.5) is 4.39 Å². The van der Waals surface area contributed by atoms with Gasteiger partial charge in [-0.3, -0.25) is 14.2 Å². The Hall–Kier alpha value is -3.12. The van der Waals surface area contributed by atoms with Gasteiger partial charge < -0.3 is 0 Å². The number of thiophene rings is 1. The Kier molecular flexibility index (Phi) is 5.36. The number of Topliss-reactive ketones (excluding diaryl/α,β-unsaturated/α-hetero) is 1. The van der Waals surface area contributed by atoms with Crippen molar-refractivity contribution in [3.8, 4) is 11.1 Å². The molecule has 0 N–H and O–H groups in total. The first-order valence-corrected chi connectivity index (χ1v) is 10.2. The molecule has 146 valence electrons. The Balaban J connectivity index is 1.87. The minimum atomic E-state index is -0.324. The Morgan fingerprint density at radius 1 is 1.10 bits per heavy atom. The molecule has 6 heteroatoms. The normalized spacial score (nSPS) is 11.1. The van der Waals surface area contributed by atoms with Crippen LogP contribution in [0.25, 0.3) is 21.3 Å². The van der Waals surface area contributed by atoms with Gasteiger partial charge in [0.2, 0.25) is 0 Å². The molecule has 0 radical (unpaired) electrons. The van der Waals surface area contributed by atoms with Crippen molar-refractivity contribution >= 4 is 27.3 Å². The maximum Gasteiger partial charge on any atom is 0.262 e. The molecule has 0 atom stereocenters. The summed E-state index contributed by atoms with van der Waals surface area (Å²) in [6, 6.07) is 15.9. The van der Waals surface area contributed by atoms with E-state index in [-0.39, 0.29) is 30.1 Å². The Morgan fingerprint density at radius 3 is 2.52 bits per heavy atom. The summed E-state index contributed by atoms with van der Waals surface area (Å²) in [4.78, 5) is 30.4. The van der Waals surface area contributed by atoms with Crippen LogP contribution in [0.15, 0.2) is 64.8 Å². The molecule has 4 nitrogen and oxygen atoms in total. The van der Waals surface area contributed by atoms with Gasteiger partial charge in [-0.15, -0.1) is 11.3 Å². The third kappa shape index (κ3) is 4.03. The molecule has 0 bridgehead atoms. The zero-order valence-electron chi connectivity index (χ0n) is 15.9. The molecule has 2 heterocycles. The summed E-state index contributed by atoms with van der Waals surface area (Å²) < 4.78 is 14.9. The molecule has 0 fully saturated rings. The van der Waals surface area contributed by atoms with Crippen LogP contribution >= 0.6 is 11.3 Å². The average Bonchev–Trinajstić information content (AvgIpc) is 3.13. The zero-order valence-corrected chi connectivity index (χ0v) is 16.7. The maximum atomic E-state index is 13.4. The van der Waals surface area contributed by atoms with Gasteiger partial charge in [-0.2, -0.15) is 0 Å². The van der Waals surface area contributed by atoms with Crippen molar-refractivity contribution in [2.24, 2.45) is 0 Å². The fourth-order valence-corrected chi connectivity index (χ4v) is 4.28. The molecule has 0 unspecified atom stereocenters. The standard InChI is InChI=1S/C23H19FN2O2S/c1-15(27)11-12-26-20(13-16-5-3-2-4-6-16)25-22-21(23(26)28)19(14-29-22)17-7-9-18(24)10-8-17/h2-10,14H,11-13H2,1H3. The number of hydrogen-bond acceptors (Lipinski definition) is 4. The topological polar surface area (TPSA) is 52.0 Å². The van der Waals surface area contributed by atoms with Gasteiger partial charge in [-0.05, 0) is 30.2 Å². The highest BCUT2D eigenvalue weighted by molar-refractivity contribution is 7.17. The molecule has 0 saturated heterocycles. The molecular weight excluding hydrogens is 387 g/mol. The van der Waals surface area contributed by atoms with Crippen molar-refractivity contribution in [3.05, 3.63) is 87.5 Å². The van der Waals surface area contributed by atoms with E-state index in [1.165, 1.54) is 30.4 Å². The second-order valence-electron chi connectivity index (χ2n) is 6.94. The van der Waals surface area contributed by atoms with E-state index in [9.17, 15) is 14.0 Å². The summed E-state index contributed by atoms with van der Waals surface area (Å²) in [5.74, 6) is 0.338. The first kappa shape index (κ1) is 19.2. The number of aromatic nitrogens is 2. The van der Waals surface area contributed by atoms with Crippen LogP contribution < -0.4 is 5.56 Å². The molecule has 0 saturated carbocycles. The summed E-state index contributed by atoms with van der Waals surface area (Å²) in [5.41, 5.74) is 2.39. The number of rotatable bonds is 6. The first-order valence-electron chi connectivity index (χ1n) is 9.33. The molecule has 0 aliphatic rings. The van der Waals surface area contributed by atoms with E-state index in [0.717, 1.165) is 16.7 Å². The third-order valence-corrected chi connectivity index (χ3v) is 5.69. The molecular formula is C23H19FN2O2S. The third-order valence-electron chi connectivity index (χ3n) is 4.82. The summed E-state index contributed by atoms with van der Waals surface area (Å²) in [6.45, 7) is 1.81. The predicted octanol–water partition coefficient (Wildman–Crippen LogP) is 4.83. The van der Waals surface area contributed by atoms with Gasteiger partial charge in [-0.1, -0.05) is 42.5 Å². The lowest BCUT2D eigenvalue weighted by Gasteiger charge is -2.12. The van der Waals surface area contributed by atoms with Gasteiger partial charge in [0.05, 0.1) is 5.39 Å². The molecule has 29 heavy (non-hydrogen) atoms. The Morgan fingerprint density at radius 2 is 1.83 bits per heavy atom.